The Labute approximate surface area is 190 Å². The molecule has 3 aromatic carbocycles. The lowest BCUT2D eigenvalue weighted by Gasteiger charge is -2.31. The number of carbonyl (C=O) groups excluding carboxylic acids is 1. The molecule has 1 fully saturated rings. The lowest BCUT2D eigenvalue weighted by molar-refractivity contribution is 0.0587. The molecule has 1 saturated heterocycles. The smallest absolute Gasteiger partial charge is 0.411 e. The SMILES string of the molecule is Nc1ccc(CCCN2CCC(OC(=O)Nc3ccccc3-c3ccccc3)CC2)cc1. The molecule has 4 rings (SSSR count). The van der Waals surface area contributed by atoms with Crippen molar-refractivity contribution in [1.29, 1.82) is 0 Å². The minimum absolute atomic E-state index is 0.0350. The van der Waals surface area contributed by atoms with Gasteiger partial charge in [0.2, 0.25) is 0 Å². The van der Waals surface area contributed by atoms with E-state index in [1.165, 1.54) is 5.56 Å². The van der Waals surface area contributed by atoms with E-state index in [0.29, 0.717) is 0 Å². The number of benzene rings is 3. The maximum Gasteiger partial charge on any atom is 0.411 e. The molecule has 0 unspecified atom stereocenters. The van der Waals surface area contributed by atoms with Crippen LogP contribution in [-0.4, -0.2) is 36.7 Å². The zero-order valence-corrected chi connectivity index (χ0v) is 18.4. The third-order valence-corrected chi connectivity index (χ3v) is 5.98. The molecule has 1 aliphatic heterocycles. The van der Waals surface area contributed by atoms with Gasteiger partial charge < -0.3 is 15.4 Å². The van der Waals surface area contributed by atoms with Crippen LogP contribution in [0.2, 0.25) is 0 Å². The molecule has 3 N–H and O–H groups in total. The van der Waals surface area contributed by atoms with Crippen LogP contribution in [0, 0.1) is 0 Å². The monoisotopic (exact) mass is 429 g/mol. The van der Waals surface area contributed by atoms with Crippen molar-refractivity contribution in [2.75, 3.05) is 30.7 Å². The Morgan fingerprint density at radius 3 is 2.38 bits per heavy atom. The molecular weight excluding hydrogens is 398 g/mol. The average Bonchev–Trinajstić information content (AvgIpc) is 2.82. The summed E-state index contributed by atoms with van der Waals surface area (Å²) in [5.74, 6) is 0. The van der Waals surface area contributed by atoms with Gasteiger partial charge in [-0.25, -0.2) is 4.79 Å². The summed E-state index contributed by atoms with van der Waals surface area (Å²) in [6, 6.07) is 26.0. The van der Waals surface area contributed by atoms with Crippen molar-refractivity contribution in [3.8, 4) is 11.1 Å². The van der Waals surface area contributed by atoms with Gasteiger partial charge in [-0.2, -0.15) is 0 Å². The highest BCUT2D eigenvalue weighted by Gasteiger charge is 2.22. The number of aryl methyl sites for hydroxylation is 1. The lowest BCUT2D eigenvalue weighted by atomic mass is 10.0. The van der Waals surface area contributed by atoms with Gasteiger partial charge in [-0.1, -0.05) is 60.7 Å². The number of amides is 1. The van der Waals surface area contributed by atoms with Crippen molar-refractivity contribution in [2.24, 2.45) is 0 Å². The molecule has 0 spiro atoms. The van der Waals surface area contributed by atoms with E-state index in [1.807, 2.05) is 66.7 Å². The van der Waals surface area contributed by atoms with Crippen LogP contribution in [0.25, 0.3) is 11.1 Å². The first kappa shape index (κ1) is 21.9. The molecule has 0 saturated carbocycles. The molecule has 1 heterocycles. The molecule has 5 heteroatoms. The lowest BCUT2D eigenvalue weighted by Crippen LogP contribution is -2.39. The van der Waals surface area contributed by atoms with Crippen LogP contribution in [0.1, 0.15) is 24.8 Å². The molecule has 0 bridgehead atoms. The molecular formula is C27H31N3O2. The molecule has 1 aliphatic rings. The number of piperidine rings is 1. The summed E-state index contributed by atoms with van der Waals surface area (Å²) < 4.78 is 5.73. The van der Waals surface area contributed by atoms with Crippen molar-refractivity contribution in [3.63, 3.8) is 0 Å². The Balaban J connectivity index is 1.21. The number of nitrogen functional groups attached to an aromatic ring is 1. The van der Waals surface area contributed by atoms with Crippen LogP contribution in [0.4, 0.5) is 16.2 Å². The highest BCUT2D eigenvalue weighted by atomic mass is 16.6. The van der Waals surface area contributed by atoms with E-state index in [4.69, 9.17) is 10.5 Å². The van der Waals surface area contributed by atoms with Gasteiger partial charge in [-0.3, -0.25) is 5.32 Å². The normalized spacial score (nSPS) is 14.8. The summed E-state index contributed by atoms with van der Waals surface area (Å²) in [6.45, 7) is 2.98. The minimum Gasteiger partial charge on any atom is -0.446 e. The largest absolute Gasteiger partial charge is 0.446 e. The Hall–Kier alpha value is -3.31. The molecule has 0 atom stereocenters. The number of likely N-dealkylation sites (tertiary alicyclic amines) is 1. The molecule has 32 heavy (non-hydrogen) atoms. The third kappa shape index (κ3) is 6.11. The van der Waals surface area contributed by atoms with Crippen molar-refractivity contribution >= 4 is 17.5 Å². The standard InChI is InChI=1S/C27H31N3O2/c28-23-14-12-21(13-15-23)7-6-18-30-19-16-24(17-20-30)32-27(31)29-26-11-5-4-10-25(26)22-8-2-1-3-9-22/h1-5,8-15,24H,6-7,16-20,28H2,(H,29,31). The number of rotatable bonds is 7. The van der Waals surface area contributed by atoms with E-state index in [1.54, 1.807) is 0 Å². The van der Waals surface area contributed by atoms with Gasteiger partial charge >= 0.3 is 6.09 Å². The third-order valence-electron chi connectivity index (χ3n) is 5.98. The molecule has 0 radical (unpaired) electrons. The molecule has 0 aromatic heterocycles. The van der Waals surface area contributed by atoms with Crippen molar-refractivity contribution in [3.05, 3.63) is 84.4 Å². The van der Waals surface area contributed by atoms with Crippen molar-refractivity contribution < 1.29 is 9.53 Å². The topological polar surface area (TPSA) is 67.6 Å². The second-order valence-electron chi connectivity index (χ2n) is 8.33. The Kier molecular flexibility index (Phi) is 7.41. The summed E-state index contributed by atoms with van der Waals surface area (Å²) in [6.07, 6.45) is 3.50. The van der Waals surface area contributed by atoms with Gasteiger partial charge in [-0.05, 0) is 61.6 Å². The maximum atomic E-state index is 12.5. The summed E-state index contributed by atoms with van der Waals surface area (Å²) in [4.78, 5) is 15.0. The summed E-state index contributed by atoms with van der Waals surface area (Å²) in [5, 5.41) is 2.94. The zero-order chi connectivity index (χ0) is 22.2. The first-order valence-electron chi connectivity index (χ1n) is 11.4. The number of hydrogen-bond acceptors (Lipinski definition) is 4. The van der Waals surface area contributed by atoms with E-state index in [2.05, 4.69) is 22.3 Å². The number of para-hydroxylation sites is 1. The first-order chi connectivity index (χ1) is 15.7. The fourth-order valence-corrected chi connectivity index (χ4v) is 4.19. The number of nitrogens with one attached hydrogen (secondary N) is 1. The van der Waals surface area contributed by atoms with Gasteiger partial charge in [0.1, 0.15) is 6.10 Å². The Morgan fingerprint density at radius 1 is 0.938 bits per heavy atom. The van der Waals surface area contributed by atoms with Gasteiger partial charge in [0.05, 0.1) is 5.69 Å². The van der Waals surface area contributed by atoms with Crippen LogP contribution < -0.4 is 11.1 Å². The van der Waals surface area contributed by atoms with Gasteiger partial charge in [-0.15, -0.1) is 0 Å². The van der Waals surface area contributed by atoms with E-state index in [-0.39, 0.29) is 12.2 Å². The maximum absolute atomic E-state index is 12.5. The van der Waals surface area contributed by atoms with Gasteiger partial charge in [0.25, 0.3) is 0 Å². The number of hydrogen-bond donors (Lipinski definition) is 2. The molecule has 1 amide bonds. The number of anilines is 2. The Morgan fingerprint density at radius 2 is 1.62 bits per heavy atom. The fraction of sp³-hybridized carbons (Fsp3) is 0.296. The highest BCUT2D eigenvalue weighted by Crippen LogP contribution is 2.28. The van der Waals surface area contributed by atoms with E-state index >= 15 is 0 Å². The van der Waals surface area contributed by atoms with Crippen LogP contribution in [0.5, 0.6) is 0 Å². The van der Waals surface area contributed by atoms with Crippen molar-refractivity contribution in [2.45, 2.75) is 31.8 Å². The molecule has 0 aliphatic carbocycles. The number of carbonyl (C=O) groups is 1. The predicted octanol–water partition coefficient (Wildman–Crippen LogP) is 5.58. The number of nitrogens with zero attached hydrogens (tertiary/aromatic N) is 1. The second kappa shape index (κ2) is 10.8. The van der Waals surface area contributed by atoms with E-state index < -0.39 is 0 Å². The van der Waals surface area contributed by atoms with E-state index in [0.717, 1.165) is 67.8 Å². The minimum atomic E-state index is -0.379. The zero-order valence-electron chi connectivity index (χ0n) is 18.4. The first-order valence-corrected chi connectivity index (χ1v) is 11.4. The quantitative estimate of drug-likeness (QED) is 0.481. The highest BCUT2D eigenvalue weighted by molar-refractivity contribution is 5.91. The molecule has 5 nitrogen and oxygen atoms in total. The molecule has 166 valence electrons. The van der Waals surface area contributed by atoms with Gasteiger partial charge in [0, 0.05) is 24.3 Å². The summed E-state index contributed by atoms with van der Waals surface area (Å²) in [5.41, 5.74) is 10.7. The second-order valence-corrected chi connectivity index (χ2v) is 8.33. The fourth-order valence-electron chi connectivity index (χ4n) is 4.19. The Bertz CT molecular complexity index is 997. The average molecular weight is 430 g/mol. The van der Waals surface area contributed by atoms with Crippen LogP contribution >= 0.6 is 0 Å². The summed E-state index contributed by atoms with van der Waals surface area (Å²) in [7, 11) is 0. The van der Waals surface area contributed by atoms with Crippen LogP contribution in [-0.2, 0) is 11.2 Å². The number of ether oxygens (including phenoxy) is 1. The predicted molar refractivity (Wildman–Crippen MR) is 131 cm³/mol. The van der Waals surface area contributed by atoms with Gasteiger partial charge in [0.15, 0.2) is 0 Å². The summed E-state index contributed by atoms with van der Waals surface area (Å²) >= 11 is 0. The molecule has 3 aromatic rings. The number of nitrogens with two attached hydrogens (primary N) is 1. The van der Waals surface area contributed by atoms with E-state index in [9.17, 15) is 4.79 Å². The van der Waals surface area contributed by atoms with Crippen LogP contribution in [0.15, 0.2) is 78.9 Å². The van der Waals surface area contributed by atoms with Crippen molar-refractivity contribution in [1.82, 2.24) is 4.90 Å². The van der Waals surface area contributed by atoms with Crippen LogP contribution in [0.3, 0.4) is 0 Å².